The van der Waals surface area contributed by atoms with Crippen molar-refractivity contribution in [3.8, 4) is 0 Å². The van der Waals surface area contributed by atoms with E-state index >= 15 is 0 Å². The first kappa shape index (κ1) is 15.8. The number of carbonyl (C=O) groups is 1. The number of morpholine rings is 1. The highest BCUT2D eigenvalue weighted by molar-refractivity contribution is 6.31. The van der Waals surface area contributed by atoms with Crippen molar-refractivity contribution in [1.29, 1.82) is 0 Å². The van der Waals surface area contributed by atoms with E-state index in [-0.39, 0.29) is 5.91 Å². The fourth-order valence-corrected chi connectivity index (χ4v) is 2.71. The Morgan fingerprint density at radius 2 is 2.04 bits per heavy atom. The van der Waals surface area contributed by atoms with Gasteiger partial charge in [0.2, 0.25) is 0 Å². The maximum Gasteiger partial charge on any atom is 0.259 e. The molecule has 0 saturated carbocycles. The minimum absolute atomic E-state index is 0.190. The van der Waals surface area contributed by atoms with Crippen LogP contribution in [0.15, 0.2) is 36.5 Å². The summed E-state index contributed by atoms with van der Waals surface area (Å²) in [6.07, 6.45) is 1.70. The van der Waals surface area contributed by atoms with E-state index in [2.05, 4.69) is 15.2 Å². The number of anilines is 2. The number of rotatable bonds is 3. The SMILES string of the molecule is Cc1c(Cl)cccc1NC(=O)c1cccnc1N1CCOCC1. The Labute approximate surface area is 140 Å². The van der Waals surface area contributed by atoms with Crippen molar-refractivity contribution in [3.05, 3.63) is 52.7 Å². The zero-order valence-corrected chi connectivity index (χ0v) is 13.6. The predicted molar refractivity (Wildman–Crippen MR) is 91.4 cm³/mol. The van der Waals surface area contributed by atoms with Crippen LogP contribution in [0.25, 0.3) is 0 Å². The Bertz CT molecular complexity index is 715. The molecule has 0 bridgehead atoms. The normalized spacial score (nSPS) is 14.6. The van der Waals surface area contributed by atoms with Gasteiger partial charge in [-0.2, -0.15) is 0 Å². The molecule has 5 nitrogen and oxygen atoms in total. The smallest absolute Gasteiger partial charge is 0.259 e. The Balaban J connectivity index is 1.86. The van der Waals surface area contributed by atoms with E-state index < -0.39 is 0 Å². The molecule has 1 aliphatic rings. The van der Waals surface area contributed by atoms with Crippen molar-refractivity contribution in [2.45, 2.75) is 6.92 Å². The van der Waals surface area contributed by atoms with Crippen molar-refractivity contribution in [3.63, 3.8) is 0 Å². The molecular weight excluding hydrogens is 314 g/mol. The lowest BCUT2D eigenvalue weighted by molar-refractivity contribution is 0.102. The Hall–Kier alpha value is -2.11. The van der Waals surface area contributed by atoms with Gasteiger partial charge in [0.1, 0.15) is 5.82 Å². The first-order chi connectivity index (χ1) is 11.2. The van der Waals surface area contributed by atoms with Gasteiger partial charge in [0, 0.05) is 30.0 Å². The third-order valence-corrected chi connectivity index (χ3v) is 4.27. The average Bonchev–Trinajstić information content (AvgIpc) is 2.60. The fraction of sp³-hybridized carbons (Fsp3) is 0.294. The number of carbonyl (C=O) groups excluding carboxylic acids is 1. The average molecular weight is 332 g/mol. The van der Waals surface area contributed by atoms with Gasteiger partial charge in [0.25, 0.3) is 5.91 Å². The highest BCUT2D eigenvalue weighted by Crippen LogP contribution is 2.25. The second kappa shape index (κ2) is 6.98. The topological polar surface area (TPSA) is 54.5 Å². The zero-order valence-electron chi connectivity index (χ0n) is 12.9. The summed E-state index contributed by atoms with van der Waals surface area (Å²) in [5.41, 5.74) is 2.10. The van der Waals surface area contributed by atoms with Gasteiger partial charge in [-0.15, -0.1) is 0 Å². The van der Waals surface area contributed by atoms with Crippen LogP contribution in [-0.4, -0.2) is 37.2 Å². The number of hydrogen-bond donors (Lipinski definition) is 1. The Morgan fingerprint density at radius 1 is 1.26 bits per heavy atom. The molecule has 0 radical (unpaired) electrons. The number of hydrogen-bond acceptors (Lipinski definition) is 4. The van der Waals surface area contributed by atoms with Crippen LogP contribution in [0, 0.1) is 6.92 Å². The van der Waals surface area contributed by atoms with Crippen molar-refractivity contribution in [2.24, 2.45) is 0 Å². The first-order valence-corrected chi connectivity index (χ1v) is 7.89. The summed E-state index contributed by atoms with van der Waals surface area (Å²) in [5.74, 6) is 0.498. The standard InChI is InChI=1S/C17H18ClN3O2/c1-12-14(18)5-2-6-15(12)20-17(22)13-4-3-7-19-16(13)21-8-10-23-11-9-21/h2-7H,8-11H2,1H3,(H,20,22). The van der Waals surface area contributed by atoms with Crippen molar-refractivity contribution < 1.29 is 9.53 Å². The summed E-state index contributed by atoms with van der Waals surface area (Å²) in [4.78, 5) is 19.2. The molecule has 0 unspecified atom stereocenters. The summed E-state index contributed by atoms with van der Waals surface area (Å²) in [5, 5.41) is 3.55. The number of benzene rings is 1. The predicted octanol–water partition coefficient (Wildman–Crippen LogP) is 3.13. The quantitative estimate of drug-likeness (QED) is 0.938. The largest absolute Gasteiger partial charge is 0.378 e. The molecular formula is C17H18ClN3O2. The van der Waals surface area contributed by atoms with Gasteiger partial charge >= 0.3 is 0 Å². The van der Waals surface area contributed by atoms with Gasteiger partial charge in [0.15, 0.2) is 0 Å². The molecule has 120 valence electrons. The molecule has 1 aliphatic heterocycles. The maximum atomic E-state index is 12.7. The minimum Gasteiger partial charge on any atom is -0.378 e. The van der Waals surface area contributed by atoms with Crippen LogP contribution >= 0.6 is 11.6 Å². The number of nitrogens with zero attached hydrogens (tertiary/aromatic N) is 2. The van der Waals surface area contributed by atoms with Crippen molar-refractivity contribution >= 4 is 29.0 Å². The van der Waals surface area contributed by atoms with Crippen LogP contribution < -0.4 is 10.2 Å². The van der Waals surface area contributed by atoms with Crippen LogP contribution in [-0.2, 0) is 4.74 Å². The third-order valence-electron chi connectivity index (χ3n) is 3.86. The van der Waals surface area contributed by atoms with E-state index in [0.717, 1.165) is 18.7 Å². The molecule has 23 heavy (non-hydrogen) atoms. The van der Waals surface area contributed by atoms with E-state index in [1.54, 1.807) is 24.4 Å². The molecule has 6 heteroatoms. The molecule has 1 aromatic carbocycles. The van der Waals surface area contributed by atoms with E-state index in [4.69, 9.17) is 16.3 Å². The van der Waals surface area contributed by atoms with E-state index in [9.17, 15) is 4.79 Å². The lowest BCUT2D eigenvalue weighted by atomic mass is 10.1. The maximum absolute atomic E-state index is 12.7. The molecule has 1 amide bonds. The highest BCUT2D eigenvalue weighted by Gasteiger charge is 2.20. The summed E-state index contributed by atoms with van der Waals surface area (Å²) in [6, 6.07) is 9.01. The highest BCUT2D eigenvalue weighted by atomic mass is 35.5. The molecule has 2 aromatic rings. The number of nitrogens with one attached hydrogen (secondary N) is 1. The number of ether oxygens (including phenoxy) is 1. The molecule has 0 atom stereocenters. The lowest BCUT2D eigenvalue weighted by Gasteiger charge is -2.29. The van der Waals surface area contributed by atoms with Gasteiger partial charge in [-0.25, -0.2) is 4.98 Å². The van der Waals surface area contributed by atoms with Crippen LogP contribution in [0.1, 0.15) is 15.9 Å². The second-order valence-corrected chi connectivity index (χ2v) is 5.75. The molecule has 0 spiro atoms. The number of halogens is 1. The van der Waals surface area contributed by atoms with Crippen molar-refractivity contribution in [1.82, 2.24) is 4.98 Å². The van der Waals surface area contributed by atoms with Gasteiger partial charge < -0.3 is 15.0 Å². The van der Waals surface area contributed by atoms with Gasteiger partial charge in [-0.3, -0.25) is 4.79 Å². The van der Waals surface area contributed by atoms with Crippen LogP contribution in [0.3, 0.4) is 0 Å². The summed E-state index contributed by atoms with van der Waals surface area (Å²) < 4.78 is 5.36. The third kappa shape index (κ3) is 3.46. The molecule has 1 saturated heterocycles. The monoisotopic (exact) mass is 331 g/mol. The van der Waals surface area contributed by atoms with Crippen molar-refractivity contribution in [2.75, 3.05) is 36.5 Å². The molecule has 1 aromatic heterocycles. The molecule has 1 N–H and O–H groups in total. The van der Waals surface area contributed by atoms with E-state index in [0.29, 0.717) is 35.3 Å². The van der Waals surface area contributed by atoms with Crippen LogP contribution in [0.4, 0.5) is 11.5 Å². The van der Waals surface area contributed by atoms with E-state index in [1.165, 1.54) is 0 Å². The molecule has 0 aliphatic carbocycles. The van der Waals surface area contributed by atoms with Gasteiger partial charge in [0.05, 0.1) is 18.8 Å². The summed E-state index contributed by atoms with van der Waals surface area (Å²) in [6.45, 7) is 4.63. The van der Waals surface area contributed by atoms with Gasteiger partial charge in [-0.1, -0.05) is 17.7 Å². The number of pyridine rings is 1. The zero-order chi connectivity index (χ0) is 16.2. The number of amides is 1. The summed E-state index contributed by atoms with van der Waals surface area (Å²) >= 11 is 6.11. The van der Waals surface area contributed by atoms with Crippen LogP contribution in [0.2, 0.25) is 5.02 Å². The molecule has 2 heterocycles. The second-order valence-electron chi connectivity index (χ2n) is 5.34. The van der Waals surface area contributed by atoms with E-state index in [1.807, 2.05) is 19.1 Å². The lowest BCUT2D eigenvalue weighted by Crippen LogP contribution is -2.38. The van der Waals surface area contributed by atoms with Crippen LogP contribution in [0.5, 0.6) is 0 Å². The first-order valence-electron chi connectivity index (χ1n) is 7.51. The summed E-state index contributed by atoms with van der Waals surface area (Å²) in [7, 11) is 0. The fourth-order valence-electron chi connectivity index (χ4n) is 2.53. The Kier molecular flexibility index (Phi) is 4.79. The number of aromatic nitrogens is 1. The molecule has 1 fully saturated rings. The van der Waals surface area contributed by atoms with Gasteiger partial charge in [-0.05, 0) is 36.8 Å². The molecule has 3 rings (SSSR count). The Morgan fingerprint density at radius 3 is 2.83 bits per heavy atom. The minimum atomic E-state index is -0.190.